The van der Waals surface area contributed by atoms with Gasteiger partial charge in [-0.15, -0.1) is 0 Å². The molecular weight excluding hydrogens is 283 g/mol. The average molecular weight is 298 g/mol. The number of rotatable bonds is 6. The van der Waals surface area contributed by atoms with Crippen LogP contribution in [-0.2, 0) is 0 Å². The van der Waals surface area contributed by atoms with Crippen molar-refractivity contribution in [2.75, 3.05) is 19.7 Å². The molecule has 0 fully saturated rings. The molecule has 0 amide bonds. The second kappa shape index (κ2) is 6.98. The molecule has 7 heteroatoms. The largest absolute Gasteiger partial charge is 0.491 e. The first-order valence-corrected chi connectivity index (χ1v) is 6.00. The van der Waals surface area contributed by atoms with E-state index in [4.69, 9.17) is 16.3 Å². The summed E-state index contributed by atoms with van der Waals surface area (Å²) in [5.74, 6) is 0.511. The van der Waals surface area contributed by atoms with Crippen LogP contribution in [0.5, 0.6) is 5.75 Å². The number of aryl methyl sites for hydroxylation is 1. The third-order valence-corrected chi connectivity index (χ3v) is 2.70. The van der Waals surface area contributed by atoms with Crippen molar-refractivity contribution < 1.29 is 23.0 Å². The number of hydrogen-bond acceptors (Lipinski definition) is 3. The van der Waals surface area contributed by atoms with Crippen LogP contribution in [0, 0.1) is 6.92 Å². The Hall–Kier alpha value is -0.980. The third kappa shape index (κ3) is 6.66. The Balaban J connectivity index is 2.29. The predicted octanol–water partition coefficient (Wildman–Crippen LogP) is 2.54. The van der Waals surface area contributed by atoms with Gasteiger partial charge in [-0.25, -0.2) is 0 Å². The van der Waals surface area contributed by atoms with Crippen molar-refractivity contribution in [3.8, 4) is 5.75 Å². The van der Waals surface area contributed by atoms with Crippen LogP contribution < -0.4 is 10.1 Å². The molecule has 0 saturated heterocycles. The van der Waals surface area contributed by atoms with Gasteiger partial charge in [0.05, 0.1) is 6.54 Å². The van der Waals surface area contributed by atoms with Crippen LogP contribution in [0.2, 0.25) is 5.02 Å². The SMILES string of the molecule is Cc1cc(OCC(O)CNCC(F)(F)F)ccc1Cl. The third-order valence-electron chi connectivity index (χ3n) is 2.28. The van der Waals surface area contributed by atoms with Crippen molar-refractivity contribution in [3.63, 3.8) is 0 Å². The van der Waals surface area contributed by atoms with Crippen LogP contribution in [0.1, 0.15) is 5.56 Å². The topological polar surface area (TPSA) is 41.5 Å². The zero-order chi connectivity index (χ0) is 14.5. The molecule has 0 spiro atoms. The lowest BCUT2D eigenvalue weighted by Gasteiger charge is -2.14. The molecule has 108 valence electrons. The van der Waals surface area contributed by atoms with Gasteiger partial charge in [-0.2, -0.15) is 13.2 Å². The van der Waals surface area contributed by atoms with E-state index in [-0.39, 0.29) is 13.2 Å². The van der Waals surface area contributed by atoms with E-state index in [1.807, 2.05) is 0 Å². The van der Waals surface area contributed by atoms with Gasteiger partial charge in [0.25, 0.3) is 0 Å². The fourth-order valence-electron chi connectivity index (χ4n) is 1.34. The van der Waals surface area contributed by atoms with Gasteiger partial charge >= 0.3 is 6.18 Å². The number of benzene rings is 1. The van der Waals surface area contributed by atoms with Gasteiger partial charge in [0.15, 0.2) is 0 Å². The number of alkyl halides is 3. The molecule has 0 radical (unpaired) electrons. The minimum Gasteiger partial charge on any atom is -0.491 e. The Kier molecular flexibility index (Phi) is 5.90. The number of hydrogen-bond donors (Lipinski definition) is 2. The first-order chi connectivity index (χ1) is 8.78. The predicted molar refractivity (Wildman–Crippen MR) is 66.6 cm³/mol. The molecule has 0 aliphatic heterocycles. The fourth-order valence-corrected chi connectivity index (χ4v) is 1.46. The van der Waals surface area contributed by atoms with Crippen LogP contribution in [-0.4, -0.2) is 37.1 Å². The zero-order valence-electron chi connectivity index (χ0n) is 10.3. The summed E-state index contributed by atoms with van der Waals surface area (Å²) in [7, 11) is 0. The van der Waals surface area contributed by atoms with E-state index in [2.05, 4.69) is 5.32 Å². The molecule has 1 atom stereocenters. The fraction of sp³-hybridized carbons (Fsp3) is 0.500. The second-order valence-electron chi connectivity index (χ2n) is 4.12. The number of aliphatic hydroxyl groups excluding tert-OH is 1. The summed E-state index contributed by atoms with van der Waals surface area (Å²) in [4.78, 5) is 0. The molecule has 1 aromatic rings. The average Bonchev–Trinajstić information content (AvgIpc) is 2.29. The van der Waals surface area contributed by atoms with E-state index < -0.39 is 18.8 Å². The number of halogens is 4. The van der Waals surface area contributed by atoms with E-state index in [9.17, 15) is 18.3 Å². The minimum absolute atomic E-state index is 0.0913. The quantitative estimate of drug-likeness (QED) is 0.848. The standard InChI is InChI=1S/C12H15ClF3NO2/c1-8-4-10(2-3-11(8)13)19-6-9(18)5-17-7-12(14,15)16/h2-4,9,17-18H,5-7H2,1H3. The van der Waals surface area contributed by atoms with E-state index in [0.717, 1.165) is 5.56 Å². The van der Waals surface area contributed by atoms with Gasteiger partial charge in [0, 0.05) is 11.6 Å². The summed E-state index contributed by atoms with van der Waals surface area (Å²) in [6, 6.07) is 4.98. The number of aliphatic hydroxyl groups is 1. The lowest BCUT2D eigenvalue weighted by atomic mass is 10.2. The summed E-state index contributed by atoms with van der Waals surface area (Å²) in [6.07, 6.45) is -5.30. The van der Waals surface area contributed by atoms with Crippen LogP contribution in [0.4, 0.5) is 13.2 Å². The Morgan fingerprint density at radius 2 is 2.11 bits per heavy atom. The normalized spacial score (nSPS) is 13.4. The maximum atomic E-state index is 11.9. The van der Waals surface area contributed by atoms with Crippen LogP contribution in [0.25, 0.3) is 0 Å². The van der Waals surface area contributed by atoms with Gasteiger partial charge in [-0.1, -0.05) is 11.6 Å². The molecule has 19 heavy (non-hydrogen) atoms. The van der Waals surface area contributed by atoms with Crippen molar-refractivity contribution in [2.45, 2.75) is 19.2 Å². The summed E-state index contributed by atoms with van der Waals surface area (Å²) >= 11 is 5.83. The zero-order valence-corrected chi connectivity index (χ0v) is 11.1. The monoisotopic (exact) mass is 297 g/mol. The Labute approximate surface area is 114 Å². The molecule has 0 heterocycles. The Morgan fingerprint density at radius 1 is 1.42 bits per heavy atom. The summed E-state index contributed by atoms with van der Waals surface area (Å²) in [6.45, 7) is 0.388. The van der Waals surface area contributed by atoms with Gasteiger partial charge in [0.2, 0.25) is 0 Å². The molecule has 3 nitrogen and oxygen atoms in total. The van der Waals surface area contributed by atoms with Crippen molar-refractivity contribution in [1.82, 2.24) is 5.32 Å². The summed E-state index contributed by atoms with van der Waals surface area (Å²) in [5.41, 5.74) is 0.823. The van der Waals surface area contributed by atoms with Crippen LogP contribution in [0.15, 0.2) is 18.2 Å². The molecule has 0 bridgehead atoms. The molecule has 0 aromatic heterocycles. The Bertz CT molecular complexity index is 412. The van der Waals surface area contributed by atoms with E-state index in [1.165, 1.54) is 0 Å². The molecular formula is C12H15ClF3NO2. The van der Waals surface area contributed by atoms with Crippen LogP contribution >= 0.6 is 11.6 Å². The highest BCUT2D eigenvalue weighted by molar-refractivity contribution is 6.31. The highest BCUT2D eigenvalue weighted by atomic mass is 35.5. The van der Waals surface area contributed by atoms with Gasteiger partial charge in [-0.3, -0.25) is 0 Å². The molecule has 1 rings (SSSR count). The molecule has 1 unspecified atom stereocenters. The molecule has 1 aromatic carbocycles. The van der Waals surface area contributed by atoms with Crippen molar-refractivity contribution in [2.24, 2.45) is 0 Å². The van der Waals surface area contributed by atoms with E-state index in [0.29, 0.717) is 10.8 Å². The van der Waals surface area contributed by atoms with Crippen molar-refractivity contribution in [1.29, 1.82) is 0 Å². The molecule has 0 saturated carbocycles. The van der Waals surface area contributed by atoms with Crippen molar-refractivity contribution in [3.05, 3.63) is 28.8 Å². The Morgan fingerprint density at radius 3 is 2.68 bits per heavy atom. The number of ether oxygens (including phenoxy) is 1. The summed E-state index contributed by atoms with van der Waals surface area (Å²) < 4.78 is 40.8. The van der Waals surface area contributed by atoms with E-state index in [1.54, 1.807) is 25.1 Å². The maximum Gasteiger partial charge on any atom is 0.401 e. The smallest absolute Gasteiger partial charge is 0.401 e. The van der Waals surface area contributed by atoms with Crippen LogP contribution in [0.3, 0.4) is 0 Å². The maximum absolute atomic E-state index is 11.9. The van der Waals surface area contributed by atoms with Gasteiger partial charge in [-0.05, 0) is 30.7 Å². The molecule has 2 N–H and O–H groups in total. The highest BCUT2D eigenvalue weighted by Gasteiger charge is 2.26. The lowest BCUT2D eigenvalue weighted by molar-refractivity contribution is -0.125. The van der Waals surface area contributed by atoms with Gasteiger partial charge < -0.3 is 15.2 Å². The first kappa shape index (κ1) is 16.1. The number of nitrogens with one attached hydrogen (secondary N) is 1. The van der Waals surface area contributed by atoms with Gasteiger partial charge in [0.1, 0.15) is 18.5 Å². The first-order valence-electron chi connectivity index (χ1n) is 5.62. The second-order valence-corrected chi connectivity index (χ2v) is 4.53. The highest BCUT2D eigenvalue weighted by Crippen LogP contribution is 2.21. The molecule has 0 aliphatic rings. The summed E-state index contributed by atoms with van der Waals surface area (Å²) in [5, 5.41) is 12.2. The van der Waals surface area contributed by atoms with Crippen molar-refractivity contribution >= 4 is 11.6 Å². The molecule has 0 aliphatic carbocycles. The lowest BCUT2D eigenvalue weighted by Crippen LogP contribution is -2.37. The minimum atomic E-state index is -4.28. The van der Waals surface area contributed by atoms with E-state index >= 15 is 0 Å².